The predicted octanol–water partition coefficient (Wildman–Crippen LogP) is -0.188. The first-order valence-electron chi connectivity index (χ1n) is 6.73. The van der Waals surface area contributed by atoms with Gasteiger partial charge >= 0.3 is 0 Å². The number of aliphatic imine (C=N–C) groups is 1. The molecule has 7 nitrogen and oxygen atoms in total. The molecular formula is C12H25IN4O3S. The van der Waals surface area contributed by atoms with E-state index in [1.807, 2.05) is 0 Å². The number of rotatable bonds is 5. The van der Waals surface area contributed by atoms with E-state index >= 15 is 0 Å². The zero-order valence-corrected chi connectivity index (χ0v) is 15.7. The van der Waals surface area contributed by atoms with Crippen LogP contribution in [0.15, 0.2) is 4.99 Å². The van der Waals surface area contributed by atoms with Gasteiger partial charge in [-0.2, -0.15) is 0 Å². The molecule has 9 heteroatoms. The molecule has 1 heterocycles. The third kappa shape index (κ3) is 8.44. The van der Waals surface area contributed by atoms with Crippen LogP contribution in [0.5, 0.6) is 0 Å². The molecular weight excluding hydrogens is 407 g/mol. The molecule has 1 fully saturated rings. The van der Waals surface area contributed by atoms with Crippen molar-refractivity contribution in [1.29, 1.82) is 0 Å². The van der Waals surface area contributed by atoms with Gasteiger partial charge < -0.3 is 16.0 Å². The molecule has 0 aromatic rings. The molecule has 0 aromatic carbocycles. The Morgan fingerprint density at radius 3 is 2.67 bits per heavy atom. The topological polar surface area (TPSA) is 105 Å². The van der Waals surface area contributed by atoms with Crippen LogP contribution in [0.1, 0.15) is 19.3 Å². The van der Waals surface area contributed by atoms with E-state index in [1.54, 1.807) is 7.05 Å². The number of hydrogen-bond acceptors (Lipinski definition) is 4. The lowest BCUT2D eigenvalue weighted by Gasteiger charge is -2.34. The number of amides is 1. The van der Waals surface area contributed by atoms with E-state index in [1.165, 1.54) is 6.26 Å². The third-order valence-corrected chi connectivity index (χ3v) is 4.22. The van der Waals surface area contributed by atoms with Gasteiger partial charge in [0, 0.05) is 39.4 Å². The summed E-state index contributed by atoms with van der Waals surface area (Å²) in [6.07, 6.45) is 3.56. The monoisotopic (exact) mass is 432 g/mol. The van der Waals surface area contributed by atoms with Gasteiger partial charge in [-0.1, -0.05) is 0 Å². The molecule has 1 aliphatic rings. The van der Waals surface area contributed by atoms with Crippen molar-refractivity contribution in [1.82, 2.24) is 10.2 Å². The van der Waals surface area contributed by atoms with E-state index in [2.05, 4.69) is 15.2 Å². The molecule has 1 aliphatic heterocycles. The van der Waals surface area contributed by atoms with Crippen molar-refractivity contribution in [2.24, 2.45) is 16.6 Å². The molecule has 0 radical (unpaired) electrons. The maximum absolute atomic E-state index is 11.1. The van der Waals surface area contributed by atoms with Gasteiger partial charge in [0.1, 0.15) is 9.84 Å². The summed E-state index contributed by atoms with van der Waals surface area (Å²) in [6.45, 7) is 1.91. The fourth-order valence-electron chi connectivity index (χ4n) is 2.39. The fraction of sp³-hybridized carbons (Fsp3) is 0.833. The van der Waals surface area contributed by atoms with Crippen LogP contribution in [-0.2, 0) is 14.6 Å². The van der Waals surface area contributed by atoms with Crippen LogP contribution in [0.25, 0.3) is 0 Å². The highest BCUT2D eigenvalue weighted by Crippen LogP contribution is 2.19. The molecule has 0 saturated carbocycles. The van der Waals surface area contributed by atoms with Gasteiger partial charge in [0.2, 0.25) is 5.91 Å². The minimum atomic E-state index is -2.98. The highest BCUT2D eigenvalue weighted by molar-refractivity contribution is 14.0. The Labute approximate surface area is 143 Å². The second kappa shape index (κ2) is 9.44. The summed E-state index contributed by atoms with van der Waals surface area (Å²) in [4.78, 5) is 17.2. The van der Waals surface area contributed by atoms with Crippen LogP contribution in [0.3, 0.4) is 0 Å². The number of nitrogens with two attached hydrogens (primary N) is 1. The summed E-state index contributed by atoms with van der Waals surface area (Å²) in [5.74, 6) is 0.722. The molecule has 1 atom stereocenters. The van der Waals surface area contributed by atoms with Crippen molar-refractivity contribution >= 4 is 45.7 Å². The van der Waals surface area contributed by atoms with Crippen molar-refractivity contribution < 1.29 is 13.2 Å². The quantitative estimate of drug-likeness (QED) is 0.356. The lowest BCUT2D eigenvalue weighted by Crippen LogP contribution is -2.48. The highest BCUT2D eigenvalue weighted by atomic mass is 127. The average molecular weight is 432 g/mol. The first-order chi connectivity index (χ1) is 9.31. The molecule has 1 saturated heterocycles. The summed E-state index contributed by atoms with van der Waals surface area (Å²) in [5.41, 5.74) is 5.24. The zero-order valence-electron chi connectivity index (χ0n) is 12.5. The Hall–Kier alpha value is -0.580. The Kier molecular flexibility index (Phi) is 9.18. The summed E-state index contributed by atoms with van der Waals surface area (Å²) >= 11 is 0. The maximum atomic E-state index is 11.1. The van der Waals surface area contributed by atoms with Gasteiger partial charge in [-0.25, -0.2) is 8.42 Å². The number of carbonyl (C=O) groups is 1. The predicted molar refractivity (Wildman–Crippen MR) is 94.6 cm³/mol. The van der Waals surface area contributed by atoms with Crippen LogP contribution in [0, 0.1) is 5.92 Å². The van der Waals surface area contributed by atoms with Crippen LogP contribution < -0.4 is 11.1 Å². The van der Waals surface area contributed by atoms with Gasteiger partial charge in [-0.15, -0.1) is 24.0 Å². The molecule has 0 bridgehead atoms. The maximum Gasteiger partial charge on any atom is 0.217 e. The van der Waals surface area contributed by atoms with Gasteiger partial charge in [-0.3, -0.25) is 9.79 Å². The normalized spacial score (nSPS) is 19.8. The minimum absolute atomic E-state index is 0. The van der Waals surface area contributed by atoms with Crippen molar-refractivity contribution in [3.63, 3.8) is 0 Å². The number of carbonyl (C=O) groups excluding carboxylic acids is 1. The number of likely N-dealkylation sites (tertiary alicyclic amines) is 1. The van der Waals surface area contributed by atoms with Crippen LogP contribution in [0.2, 0.25) is 0 Å². The number of sulfone groups is 1. The van der Waals surface area contributed by atoms with E-state index in [0.717, 1.165) is 25.9 Å². The number of nitrogens with zero attached hydrogens (tertiary/aromatic N) is 2. The number of halogens is 1. The second-order valence-corrected chi connectivity index (χ2v) is 7.49. The summed E-state index contributed by atoms with van der Waals surface area (Å²) < 4.78 is 22.2. The minimum Gasteiger partial charge on any atom is -0.370 e. The smallest absolute Gasteiger partial charge is 0.217 e. The van der Waals surface area contributed by atoms with E-state index in [-0.39, 0.29) is 41.6 Å². The highest BCUT2D eigenvalue weighted by Gasteiger charge is 2.23. The number of hydrogen-bond donors (Lipinski definition) is 2. The first kappa shape index (κ1) is 20.4. The van der Waals surface area contributed by atoms with Crippen molar-refractivity contribution in [3.05, 3.63) is 0 Å². The molecule has 0 aliphatic carbocycles. The van der Waals surface area contributed by atoms with Gasteiger partial charge in [-0.05, 0) is 18.8 Å². The van der Waals surface area contributed by atoms with Gasteiger partial charge in [0.25, 0.3) is 0 Å². The SMILES string of the molecule is CN=C(NCCS(C)(=O)=O)N1CCCC(CC(N)=O)C1.I. The van der Waals surface area contributed by atoms with Crippen molar-refractivity contribution in [2.45, 2.75) is 19.3 Å². The van der Waals surface area contributed by atoms with Gasteiger partial charge in [0.15, 0.2) is 5.96 Å². The van der Waals surface area contributed by atoms with Crippen molar-refractivity contribution in [2.75, 3.05) is 38.7 Å². The number of primary amides is 1. The Morgan fingerprint density at radius 1 is 1.48 bits per heavy atom. The van der Waals surface area contributed by atoms with Crippen LogP contribution in [-0.4, -0.2) is 63.9 Å². The summed E-state index contributed by atoms with van der Waals surface area (Å²) in [6, 6.07) is 0. The number of nitrogens with one attached hydrogen (secondary N) is 1. The lowest BCUT2D eigenvalue weighted by molar-refractivity contribution is -0.119. The molecule has 21 heavy (non-hydrogen) atoms. The number of guanidine groups is 1. The summed E-state index contributed by atoms with van der Waals surface area (Å²) in [5, 5.41) is 3.05. The second-order valence-electron chi connectivity index (χ2n) is 5.23. The fourth-order valence-corrected chi connectivity index (χ4v) is 2.86. The van der Waals surface area contributed by atoms with E-state index in [0.29, 0.717) is 18.9 Å². The van der Waals surface area contributed by atoms with Crippen LogP contribution >= 0.6 is 24.0 Å². The molecule has 124 valence electrons. The molecule has 1 rings (SSSR count). The van der Waals surface area contributed by atoms with E-state index in [9.17, 15) is 13.2 Å². The number of piperidine rings is 1. The molecule has 1 unspecified atom stereocenters. The van der Waals surface area contributed by atoms with Crippen LogP contribution in [0.4, 0.5) is 0 Å². The first-order valence-corrected chi connectivity index (χ1v) is 8.79. The van der Waals surface area contributed by atoms with Crippen molar-refractivity contribution in [3.8, 4) is 0 Å². The third-order valence-electron chi connectivity index (χ3n) is 3.28. The molecule has 3 N–H and O–H groups in total. The zero-order chi connectivity index (χ0) is 15.2. The lowest BCUT2D eigenvalue weighted by atomic mass is 9.95. The molecule has 0 aromatic heterocycles. The summed E-state index contributed by atoms with van der Waals surface area (Å²) in [7, 11) is -1.32. The van der Waals surface area contributed by atoms with E-state index in [4.69, 9.17) is 5.73 Å². The average Bonchev–Trinajstić information content (AvgIpc) is 2.33. The molecule has 0 spiro atoms. The Bertz CT molecular complexity index is 467. The Balaban J connectivity index is 0.00000400. The molecule has 1 amide bonds. The largest absolute Gasteiger partial charge is 0.370 e. The Morgan fingerprint density at radius 2 is 2.14 bits per heavy atom. The van der Waals surface area contributed by atoms with E-state index < -0.39 is 9.84 Å². The van der Waals surface area contributed by atoms with Gasteiger partial charge in [0.05, 0.1) is 5.75 Å². The standard InChI is InChI=1S/C12H24N4O3S.HI/c1-14-12(15-5-7-20(2,18)19)16-6-3-4-10(9-16)8-11(13)17;/h10H,3-9H2,1-2H3,(H2,13,17)(H,14,15);1H.